The maximum Gasteiger partial charge on any atom is 0.0762 e. The summed E-state index contributed by atoms with van der Waals surface area (Å²) in [7, 11) is 1.68. The molecular formula is C14H27N3O2. The normalized spacial score (nSPS) is 11.4. The maximum atomic E-state index is 5.38. The molecule has 0 aliphatic rings. The van der Waals surface area contributed by atoms with E-state index in [1.165, 1.54) is 0 Å². The molecule has 1 rings (SSSR count). The van der Waals surface area contributed by atoms with Gasteiger partial charge in [-0.1, -0.05) is 13.8 Å². The molecule has 0 saturated heterocycles. The third-order valence-electron chi connectivity index (χ3n) is 3.14. The lowest BCUT2D eigenvalue weighted by molar-refractivity contribution is 0.0719. The predicted molar refractivity (Wildman–Crippen MR) is 76.2 cm³/mol. The largest absolute Gasteiger partial charge is 0.382 e. The second-order valence-electron chi connectivity index (χ2n) is 4.54. The molecule has 0 spiro atoms. The molecule has 0 bridgehead atoms. The van der Waals surface area contributed by atoms with Gasteiger partial charge in [-0.3, -0.25) is 4.68 Å². The Morgan fingerprint density at radius 1 is 1.26 bits per heavy atom. The Kier molecular flexibility index (Phi) is 8.45. The van der Waals surface area contributed by atoms with Gasteiger partial charge in [0.05, 0.1) is 31.6 Å². The van der Waals surface area contributed by atoms with Gasteiger partial charge in [0, 0.05) is 26.4 Å². The highest BCUT2D eigenvalue weighted by Crippen LogP contribution is 2.14. The van der Waals surface area contributed by atoms with Crippen LogP contribution in [0.5, 0.6) is 0 Å². The Bertz CT molecular complexity index is 324. The number of rotatable bonds is 11. The smallest absolute Gasteiger partial charge is 0.0762 e. The van der Waals surface area contributed by atoms with Crippen LogP contribution in [0.3, 0.4) is 0 Å². The van der Waals surface area contributed by atoms with E-state index in [0.29, 0.717) is 25.9 Å². The topological polar surface area (TPSA) is 48.3 Å². The van der Waals surface area contributed by atoms with Crippen LogP contribution >= 0.6 is 0 Å². The van der Waals surface area contributed by atoms with Gasteiger partial charge >= 0.3 is 0 Å². The molecule has 5 nitrogen and oxygen atoms in total. The Hall–Kier alpha value is -0.910. The lowest BCUT2D eigenvalue weighted by Gasteiger charge is -2.12. The molecule has 0 aromatic carbocycles. The molecule has 19 heavy (non-hydrogen) atoms. The van der Waals surface area contributed by atoms with Crippen molar-refractivity contribution in [2.24, 2.45) is 0 Å². The highest BCUT2D eigenvalue weighted by atomic mass is 16.5. The quantitative estimate of drug-likeness (QED) is 0.624. The molecule has 110 valence electrons. The molecule has 1 aromatic heterocycles. The first-order valence-electron chi connectivity index (χ1n) is 7.13. The van der Waals surface area contributed by atoms with Crippen LogP contribution in [-0.4, -0.2) is 43.3 Å². The number of ether oxygens (including phenoxy) is 2. The molecular weight excluding hydrogens is 242 g/mol. The van der Waals surface area contributed by atoms with E-state index in [-0.39, 0.29) is 0 Å². The average molecular weight is 269 g/mol. The van der Waals surface area contributed by atoms with Gasteiger partial charge in [0.15, 0.2) is 0 Å². The van der Waals surface area contributed by atoms with Crippen molar-refractivity contribution in [2.45, 2.75) is 39.3 Å². The molecule has 0 aliphatic carbocycles. The van der Waals surface area contributed by atoms with Crippen molar-refractivity contribution < 1.29 is 9.47 Å². The van der Waals surface area contributed by atoms with Crippen molar-refractivity contribution >= 4 is 0 Å². The molecule has 0 aliphatic heterocycles. The molecule has 5 heteroatoms. The molecule has 0 fully saturated rings. The number of nitrogens with one attached hydrogen (secondary N) is 1. The molecule has 0 amide bonds. The Labute approximate surface area is 116 Å². The van der Waals surface area contributed by atoms with E-state index in [1.807, 2.05) is 0 Å². The lowest BCUT2D eigenvalue weighted by Crippen LogP contribution is -2.20. The fourth-order valence-corrected chi connectivity index (χ4v) is 1.94. The number of hydrogen-bond donors (Lipinski definition) is 1. The van der Waals surface area contributed by atoms with Gasteiger partial charge in [-0.05, 0) is 18.9 Å². The highest BCUT2D eigenvalue weighted by Gasteiger charge is 2.07. The first-order chi connectivity index (χ1) is 9.31. The van der Waals surface area contributed by atoms with E-state index in [9.17, 15) is 0 Å². The van der Waals surface area contributed by atoms with Crippen LogP contribution in [0.4, 0.5) is 0 Å². The minimum absolute atomic E-state index is 0.520. The summed E-state index contributed by atoms with van der Waals surface area (Å²) in [6.07, 6.45) is 4.32. The van der Waals surface area contributed by atoms with Crippen LogP contribution in [0.1, 0.15) is 38.4 Å². The van der Waals surface area contributed by atoms with Crippen molar-refractivity contribution in [3.63, 3.8) is 0 Å². The molecule has 0 saturated carbocycles. The minimum Gasteiger partial charge on any atom is -0.382 e. The number of aromatic nitrogens is 2. The van der Waals surface area contributed by atoms with Crippen LogP contribution < -0.4 is 5.32 Å². The first kappa shape index (κ1) is 16.1. The van der Waals surface area contributed by atoms with Crippen LogP contribution in [0.2, 0.25) is 0 Å². The van der Waals surface area contributed by atoms with E-state index in [4.69, 9.17) is 9.47 Å². The summed E-state index contributed by atoms with van der Waals surface area (Å²) in [6, 6.07) is 2.60. The van der Waals surface area contributed by atoms with Gasteiger partial charge in [-0.25, -0.2) is 0 Å². The van der Waals surface area contributed by atoms with Crippen LogP contribution in [-0.2, 0) is 16.0 Å². The Balaban J connectivity index is 2.16. The van der Waals surface area contributed by atoms with E-state index >= 15 is 0 Å². The van der Waals surface area contributed by atoms with Gasteiger partial charge < -0.3 is 14.8 Å². The molecule has 1 N–H and O–H groups in total. The van der Waals surface area contributed by atoms with E-state index < -0.39 is 0 Å². The minimum atomic E-state index is 0.520. The summed E-state index contributed by atoms with van der Waals surface area (Å²) in [6.45, 7) is 8.04. The van der Waals surface area contributed by atoms with Gasteiger partial charge in [0.2, 0.25) is 0 Å². The standard InChI is InChI=1S/C14H27N3O2/c1-4-14(5-2)17-8-6-13(16-17)12-15-7-9-19-11-10-18-3/h6,8,14-15H,4-5,7,9-12H2,1-3H3. The second kappa shape index (κ2) is 9.95. The molecule has 0 atom stereocenters. The number of methoxy groups -OCH3 is 1. The third kappa shape index (κ3) is 6.18. The van der Waals surface area contributed by atoms with Crippen molar-refractivity contribution in [1.82, 2.24) is 15.1 Å². The Morgan fingerprint density at radius 3 is 2.74 bits per heavy atom. The van der Waals surface area contributed by atoms with Crippen LogP contribution in [0.15, 0.2) is 12.3 Å². The SMILES string of the molecule is CCC(CC)n1ccc(CNCCOCCOC)n1. The van der Waals surface area contributed by atoms with Crippen molar-refractivity contribution in [2.75, 3.05) is 33.5 Å². The Morgan fingerprint density at radius 2 is 2.05 bits per heavy atom. The van der Waals surface area contributed by atoms with Gasteiger partial charge in [-0.2, -0.15) is 5.10 Å². The second-order valence-corrected chi connectivity index (χ2v) is 4.54. The van der Waals surface area contributed by atoms with Gasteiger partial charge in [0.25, 0.3) is 0 Å². The lowest BCUT2D eigenvalue weighted by atomic mass is 10.2. The summed E-state index contributed by atoms with van der Waals surface area (Å²) < 4.78 is 12.4. The zero-order valence-corrected chi connectivity index (χ0v) is 12.4. The van der Waals surface area contributed by atoms with Crippen LogP contribution in [0, 0.1) is 0 Å². The van der Waals surface area contributed by atoms with E-state index in [0.717, 1.165) is 31.6 Å². The molecule has 1 heterocycles. The van der Waals surface area contributed by atoms with E-state index in [2.05, 4.69) is 41.2 Å². The van der Waals surface area contributed by atoms with Crippen LogP contribution in [0.25, 0.3) is 0 Å². The van der Waals surface area contributed by atoms with Gasteiger partial charge in [-0.15, -0.1) is 0 Å². The van der Waals surface area contributed by atoms with Crippen molar-refractivity contribution in [1.29, 1.82) is 0 Å². The molecule has 1 aromatic rings. The predicted octanol–water partition coefficient (Wildman–Crippen LogP) is 2.00. The van der Waals surface area contributed by atoms with Crippen molar-refractivity contribution in [3.8, 4) is 0 Å². The summed E-state index contributed by atoms with van der Waals surface area (Å²) in [5, 5.41) is 7.92. The van der Waals surface area contributed by atoms with Gasteiger partial charge in [0.1, 0.15) is 0 Å². The number of nitrogens with zero attached hydrogens (tertiary/aromatic N) is 2. The summed E-state index contributed by atoms with van der Waals surface area (Å²) >= 11 is 0. The van der Waals surface area contributed by atoms with E-state index in [1.54, 1.807) is 7.11 Å². The monoisotopic (exact) mass is 269 g/mol. The molecule has 0 unspecified atom stereocenters. The highest BCUT2D eigenvalue weighted by molar-refractivity contribution is 4.99. The number of hydrogen-bond acceptors (Lipinski definition) is 4. The third-order valence-corrected chi connectivity index (χ3v) is 3.14. The fraction of sp³-hybridized carbons (Fsp3) is 0.786. The maximum absolute atomic E-state index is 5.38. The van der Waals surface area contributed by atoms with Crippen molar-refractivity contribution in [3.05, 3.63) is 18.0 Å². The fourth-order valence-electron chi connectivity index (χ4n) is 1.94. The average Bonchev–Trinajstić information content (AvgIpc) is 2.88. The summed E-state index contributed by atoms with van der Waals surface area (Å²) in [5.74, 6) is 0. The zero-order valence-electron chi connectivity index (χ0n) is 12.4. The first-order valence-corrected chi connectivity index (χ1v) is 7.13. The summed E-state index contributed by atoms with van der Waals surface area (Å²) in [5.41, 5.74) is 1.09. The molecule has 0 radical (unpaired) electrons. The summed E-state index contributed by atoms with van der Waals surface area (Å²) in [4.78, 5) is 0. The zero-order chi connectivity index (χ0) is 13.9.